The van der Waals surface area contributed by atoms with Crippen LogP contribution in [0.4, 0.5) is 0 Å². The van der Waals surface area contributed by atoms with Gasteiger partial charge in [-0.3, -0.25) is 4.79 Å². The van der Waals surface area contributed by atoms with Crippen molar-refractivity contribution in [1.82, 2.24) is 10.5 Å². The van der Waals surface area contributed by atoms with E-state index < -0.39 is 0 Å². The monoisotopic (exact) mass is 280 g/mol. The molecule has 2 N–H and O–H groups in total. The number of nitrogens with zero attached hydrogens (tertiary/aromatic N) is 1. The fourth-order valence-electron chi connectivity index (χ4n) is 1.71. The largest absolute Gasteiger partial charge is 0.396 e. The summed E-state index contributed by atoms with van der Waals surface area (Å²) in [6.45, 7) is 2.01. The molecule has 2 aromatic heterocycles. The lowest BCUT2D eigenvalue weighted by Gasteiger charge is -2.14. The summed E-state index contributed by atoms with van der Waals surface area (Å²) in [7, 11) is 0. The predicted octanol–water partition coefficient (Wildman–Crippen LogP) is 2.29. The average Bonchev–Trinajstić information content (AvgIpc) is 3.08. The van der Waals surface area contributed by atoms with Crippen molar-refractivity contribution >= 4 is 17.2 Å². The highest BCUT2D eigenvalue weighted by atomic mass is 32.1. The Labute approximate surface area is 115 Å². The van der Waals surface area contributed by atoms with E-state index in [1.165, 1.54) is 11.3 Å². The SMILES string of the molecule is CCC(CCO)NC(=O)c1cc(-c2cccs2)on1. The lowest BCUT2D eigenvalue weighted by atomic mass is 10.1. The van der Waals surface area contributed by atoms with Crippen LogP contribution < -0.4 is 5.32 Å². The van der Waals surface area contributed by atoms with E-state index in [-0.39, 0.29) is 24.2 Å². The number of aromatic nitrogens is 1. The Morgan fingerprint density at radius 3 is 3.11 bits per heavy atom. The molecule has 2 heterocycles. The molecular formula is C13H16N2O3S. The number of carbonyl (C=O) groups excluding carboxylic acids is 1. The molecule has 0 aliphatic rings. The van der Waals surface area contributed by atoms with Crippen molar-refractivity contribution in [3.63, 3.8) is 0 Å². The number of amides is 1. The van der Waals surface area contributed by atoms with Crippen LogP contribution >= 0.6 is 11.3 Å². The number of hydrogen-bond donors (Lipinski definition) is 2. The molecule has 0 saturated carbocycles. The van der Waals surface area contributed by atoms with Gasteiger partial charge in [0.25, 0.3) is 5.91 Å². The Bertz CT molecular complexity index is 522. The van der Waals surface area contributed by atoms with Crippen molar-refractivity contribution in [3.8, 4) is 10.6 Å². The number of aliphatic hydroxyl groups excluding tert-OH is 1. The molecule has 0 aliphatic carbocycles. The van der Waals surface area contributed by atoms with Crippen molar-refractivity contribution in [1.29, 1.82) is 0 Å². The molecule has 0 saturated heterocycles. The molecule has 2 aromatic rings. The fraction of sp³-hybridized carbons (Fsp3) is 0.385. The van der Waals surface area contributed by atoms with Gasteiger partial charge in [-0.2, -0.15) is 0 Å². The van der Waals surface area contributed by atoms with E-state index in [1.807, 2.05) is 24.4 Å². The minimum Gasteiger partial charge on any atom is -0.396 e. The maximum Gasteiger partial charge on any atom is 0.273 e. The standard InChI is InChI=1S/C13H16N2O3S/c1-2-9(5-6-16)14-13(17)10-8-11(18-15-10)12-4-3-7-19-12/h3-4,7-9,16H,2,5-6H2,1H3,(H,14,17). The number of carbonyl (C=O) groups is 1. The van der Waals surface area contributed by atoms with E-state index >= 15 is 0 Å². The van der Waals surface area contributed by atoms with Gasteiger partial charge < -0.3 is 14.9 Å². The van der Waals surface area contributed by atoms with E-state index in [0.29, 0.717) is 12.2 Å². The molecule has 19 heavy (non-hydrogen) atoms. The fourth-order valence-corrected chi connectivity index (χ4v) is 2.38. The molecule has 0 radical (unpaired) electrons. The summed E-state index contributed by atoms with van der Waals surface area (Å²) in [5.74, 6) is 0.321. The number of rotatable bonds is 6. The molecular weight excluding hydrogens is 264 g/mol. The zero-order valence-corrected chi connectivity index (χ0v) is 11.4. The summed E-state index contributed by atoms with van der Waals surface area (Å²) >= 11 is 1.53. The van der Waals surface area contributed by atoms with Crippen LogP contribution in [0.15, 0.2) is 28.1 Å². The Morgan fingerprint density at radius 2 is 2.47 bits per heavy atom. The van der Waals surface area contributed by atoms with Crippen molar-refractivity contribution in [2.24, 2.45) is 0 Å². The minimum atomic E-state index is -0.271. The Balaban J connectivity index is 2.04. The normalized spacial score (nSPS) is 12.3. The molecule has 1 amide bonds. The van der Waals surface area contributed by atoms with Crippen molar-refractivity contribution in [3.05, 3.63) is 29.3 Å². The average molecular weight is 280 g/mol. The number of nitrogens with one attached hydrogen (secondary N) is 1. The van der Waals surface area contributed by atoms with Crippen LogP contribution in [0.1, 0.15) is 30.3 Å². The Hall–Kier alpha value is -1.66. The highest BCUT2D eigenvalue weighted by molar-refractivity contribution is 7.13. The third kappa shape index (κ3) is 3.42. The summed E-state index contributed by atoms with van der Waals surface area (Å²) < 4.78 is 5.16. The number of thiophene rings is 1. The lowest BCUT2D eigenvalue weighted by molar-refractivity contribution is 0.0920. The van der Waals surface area contributed by atoms with Gasteiger partial charge in [0.1, 0.15) is 0 Å². The van der Waals surface area contributed by atoms with Gasteiger partial charge >= 0.3 is 0 Å². The van der Waals surface area contributed by atoms with Gasteiger partial charge in [-0.25, -0.2) is 0 Å². The van der Waals surface area contributed by atoms with Gasteiger partial charge in [-0.15, -0.1) is 11.3 Å². The second-order valence-corrected chi connectivity index (χ2v) is 5.09. The summed E-state index contributed by atoms with van der Waals surface area (Å²) in [6.07, 6.45) is 1.31. The smallest absolute Gasteiger partial charge is 0.273 e. The third-order valence-corrected chi connectivity index (χ3v) is 3.70. The molecule has 5 nitrogen and oxygen atoms in total. The van der Waals surface area contributed by atoms with E-state index in [1.54, 1.807) is 6.07 Å². The maximum absolute atomic E-state index is 12.0. The van der Waals surface area contributed by atoms with E-state index in [0.717, 1.165) is 11.3 Å². The summed E-state index contributed by atoms with van der Waals surface area (Å²) in [4.78, 5) is 12.9. The molecule has 1 unspecified atom stereocenters. The molecule has 6 heteroatoms. The van der Waals surface area contributed by atoms with Gasteiger partial charge in [-0.05, 0) is 24.3 Å². The van der Waals surface area contributed by atoms with E-state index in [9.17, 15) is 4.79 Å². The first kappa shape index (κ1) is 13.8. The first-order valence-corrected chi connectivity index (χ1v) is 7.05. The molecule has 102 valence electrons. The van der Waals surface area contributed by atoms with Crippen molar-refractivity contribution in [2.75, 3.05) is 6.61 Å². The van der Waals surface area contributed by atoms with Gasteiger partial charge in [0.15, 0.2) is 11.5 Å². The first-order chi connectivity index (χ1) is 9.24. The van der Waals surface area contributed by atoms with Gasteiger partial charge in [0.05, 0.1) is 4.88 Å². The third-order valence-electron chi connectivity index (χ3n) is 2.81. The highest BCUT2D eigenvalue weighted by Crippen LogP contribution is 2.25. The maximum atomic E-state index is 12.0. The van der Waals surface area contributed by atoms with Gasteiger partial charge in [0, 0.05) is 18.7 Å². The van der Waals surface area contributed by atoms with Crippen LogP contribution in [0, 0.1) is 0 Å². The zero-order valence-electron chi connectivity index (χ0n) is 10.6. The predicted molar refractivity (Wildman–Crippen MR) is 73.1 cm³/mol. The van der Waals surface area contributed by atoms with Gasteiger partial charge in [-0.1, -0.05) is 18.1 Å². The molecule has 2 rings (SSSR count). The van der Waals surface area contributed by atoms with E-state index in [4.69, 9.17) is 9.63 Å². The zero-order chi connectivity index (χ0) is 13.7. The molecule has 0 bridgehead atoms. The lowest BCUT2D eigenvalue weighted by Crippen LogP contribution is -2.35. The van der Waals surface area contributed by atoms with Crippen LogP contribution in [0.3, 0.4) is 0 Å². The molecule has 0 aliphatic heterocycles. The van der Waals surface area contributed by atoms with Crippen LogP contribution in [0.5, 0.6) is 0 Å². The van der Waals surface area contributed by atoms with E-state index in [2.05, 4.69) is 10.5 Å². The second kappa shape index (κ2) is 6.49. The molecule has 0 fully saturated rings. The first-order valence-electron chi connectivity index (χ1n) is 6.17. The summed E-state index contributed by atoms with van der Waals surface area (Å²) in [5, 5.41) is 17.4. The van der Waals surface area contributed by atoms with Crippen LogP contribution in [0.25, 0.3) is 10.6 Å². The minimum absolute atomic E-state index is 0.0422. The Morgan fingerprint density at radius 1 is 1.63 bits per heavy atom. The summed E-state index contributed by atoms with van der Waals surface area (Å²) in [6, 6.07) is 5.41. The summed E-state index contributed by atoms with van der Waals surface area (Å²) in [5.41, 5.74) is 0.264. The number of hydrogen-bond acceptors (Lipinski definition) is 5. The van der Waals surface area contributed by atoms with Crippen molar-refractivity contribution in [2.45, 2.75) is 25.8 Å². The quantitative estimate of drug-likeness (QED) is 0.851. The van der Waals surface area contributed by atoms with Crippen molar-refractivity contribution < 1.29 is 14.4 Å². The van der Waals surface area contributed by atoms with Crippen LogP contribution in [0.2, 0.25) is 0 Å². The Kier molecular flexibility index (Phi) is 4.70. The molecule has 0 aromatic carbocycles. The highest BCUT2D eigenvalue weighted by Gasteiger charge is 2.17. The topological polar surface area (TPSA) is 75.4 Å². The van der Waals surface area contributed by atoms with Crippen LogP contribution in [-0.2, 0) is 0 Å². The molecule has 1 atom stereocenters. The number of aliphatic hydroxyl groups is 1. The van der Waals surface area contributed by atoms with Crippen LogP contribution in [-0.4, -0.2) is 28.8 Å². The second-order valence-electron chi connectivity index (χ2n) is 4.14. The molecule has 0 spiro atoms. The van der Waals surface area contributed by atoms with Gasteiger partial charge in [0.2, 0.25) is 0 Å².